The van der Waals surface area contributed by atoms with Crippen LogP contribution >= 0.6 is 11.3 Å². The van der Waals surface area contributed by atoms with Gasteiger partial charge < -0.3 is 10.8 Å². The monoisotopic (exact) mass is 193 g/mol. The van der Waals surface area contributed by atoms with Crippen LogP contribution in [0.15, 0.2) is 17.5 Å². The predicted molar refractivity (Wildman–Crippen MR) is 53.3 cm³/mol. The zero-order valence-corrected chi connectivity index (χ0v) is 7.47. The van der Waals surface area contributed by atoms with Gasteiger partial charge in [-0.3, -0.25) is 4.79 Å². The van der Waals surface area contributed by atoms with Gasteiger partial charge in [0.25, 0.3) is 0 Å². The van der Waals surface area contributed by atoms with Gasteiger partial charge in [0, 0.05) is 10.1 Å². The Morgan fingerprint density at radius 2 is 2.31 bits per heavy atom. The lowest BCUT2D eigenvalue weighted by atomic mass is 10.1. The summed E-state index contributed by atoms with van der Waals surface area (Å²) >= 11 is 1.49. The minimum absolute atomic E-state index is 0.124. The maximum Gasteiger partial charge on any atom is 0.154 e. The second-order valence-electron chi connectivity index (χ2n) is 2.68. The molecule has 0 unspecified atom stereocenters. The van der Waals surface area contributed by atoms with Gasteiger partial charge in [0.1, 0.15) is 5.75 Å². The van der Waals surface area contributed by atoms with Crippen LogP contribution in [0, 0.1) is 0 Å². The molecule has 1 aromatic carbocycles. The second kappa shape index (κ2) is 2.74. The lowest BCUT2D eigenvalue weighted by molar-refractivity contribution is 0.112. The van der Waals surface area contributed by atoms with Crippen molar-refractivity contribution in [2.45, 2.75) is 0 Å². The third-order valence-corrected chi connectivity index (χ3v) is 2.78. The molecule has 0 fully saturated rings. The second-order valence-corrected chi connectivity index (χ2v) is 3.63. The van der Waals surface area contributed by atoms with Crippen molar-refractivity contribution in [3.63, 3.8) is 0 Å². The van der Waals surface area contributed by atoms with E-state index in [1.54, 1.807) is 12.1 Å². The summed E-state index contributed by atoms with van der Waals surface area (Å²) in [6.45, 7) is 0. The quantitative estimate of drug-likeness (QED) is 0.413. The number of fused-ring (bicyclic) bond motifs is 1. The molecule has 0 saturated heterocycles. The fraction of sp³-hybridized carbons (Fsp3) is 0. The van der Waals surface area contributed by atoms with Crippen molar-refractivity contribution in [1.29, 1.82) is 0 Å². The number of hydrogen-bond donors (Lipinski definition) is 2. The molecule has 3 N–H and O–H groups in total. The van der Waals surface area contributed by atoms with Crippen LogP contribution in [0.25, 0.3) is 10.1 Å². The van der Waals surface area contributed by atoms with Crippen molar-refractivity contribution in [2.75, 3.05) is 5.73 Å². The lowest BCUT2D eigenvalue weighted by Crippen LogP contribution is -1.90. The zero-order chi connectivity index (χ0) is 9.42. The molecule has 0 aliphatic carbocycles. The maximum atomic E-state index is 10.7. The first-order valence-electron chi connectivity index (χ1n) is 3.68. The molecular formula is C9H7NO2S. The van der Waals surface area contributed by atoms with Crippen molar-refractivity contribution in [2.24, 2.45) is 0 Å². The van der Waals surface area contributed by atoms with Crippen LogP contribution in [0.2, 0.25) is 0 Å². The van der Waals surface area contributed by atoms with E-state index < -0.39 is 0 Å². The highest BCUT2D eigenvalue weighted by Gasteiger charge is 2.10. The molecule has 1 aromatic heterocycles. The SMILES string of the molecule is Nc1cc2sccc2c(C=O)c1O. The van der Waals surface area contributed by atoms with Crippen molar-refractivity contribution in [3.05, 3.63) is 23.1 Å². The largest absolute Gasteiger partial charge is 0.505 e. The molecule has 4 heteroatoms. The molecular weight excluding hydrogens is 186 g/mol. The third-order valence-electron chi connectivity index (χ3n) is 1.92. The first-order valence-corrected chi connectivity index (χ1v) is 4.56. The molecule has 0 aliphatic heterocycles. The molecule has 1 heterocycles. The summed E-state index contributed by atoms with van der Waals surface area (Å²) in [6.07, 6.45) is 0.626. The molecule has 0 atom stereocenters. The molecule has 0 aliphatic rings. The van der Waals surface area contributed by atoms with Crippen molar-refractivity contribution in [3.8, 4) is 5.75 Å². The molecule has 0 saturated carbocycles. The summed E-state index contributed by atoms with van der Waals surface area (Å²) < 4.78 is 0.914. The standard InChI is InChI=1S/C9H7NO2S/c10-7-3-8-5(1-2-13-8)6(4-11)9(7)12/h1-4,12H,10H2. The van der Waals surface area contributed by atoms with Crippen molar-refractivity contribution in [1.82, 2.24) is 0 Å². The van der Waals surface area contributed by atoms with Crippen LogP contribution in [-0.2, 0) is 0 Å². The van der Waals surface area contributed by atoms with E-state index in [1.807, 2.05) is 5.38 Å². The number of nitrogen functional groups attached to an aromatic ring is 1. The van der Waals surface area contributed by atoms with Crippen molar-refractivity contribution >= 4 is 33.4 Å². The summed E-state index contributed by atoms with van der Waals surface area (Å²) in [7, 11) is 0. The summed E-state index contributed by atoms with van der Waals surface area (Å²) in [5.74, 6) is -0.124. The number of anilines is 1. The Labute approximate surface area is 78.4 Å². The lowest BCUT2D eigenvalue weighted by Gasteiger charge is -2.02. The zero-order valence-electron chi connectivity index (χ0n) is 6.65. The number of phenolic OH excluding ortho intramolecular Hbond substituents is 1. The Kier molecular flexibility index (Phi) is 1.70. The first-order chi connectivity index (χ1) is 6.24. The first kappa shape index (κ1) is 8.07. The fourth-order valence-corrected chi connectivity index (χ4v) is 2.12. The number of thiophene rings is 1. The molecule has 0 amide bonds. The van der Waals surface area contributed by atoms with Gasteiger partial charge in [-0.1, -0.05) is 0 Å². The van der Waals surface area contributed by atoms with Gasteiger partial charge >= 0.3 is 0 Å². The van der Waals surface area contributed by atoms with Gasteiger partial charge in [0.2, 0.25) is 0 Å². The van der Waals surface area contributed by atoms with Gasteiger partial charge in [-0.25, -0.2) is 0 Å². The van der Waals surface area contributed by atoms with Crippen LogP contribution in [-0.4, -0.2) is 11.4 Å². The number of aromatic hydroxyl groups is 1. The van der Waals surface area contributed by atoms with E-state index in [1.165, 1.54) is 11.3 Å². The number of rotatable bonds is 1. The average Bonchev–Trinajstić information content (AvgIpc) is 2.54. The number of nitrogens with two attached hydrogens (primary N) is 1. The fourth-order valence-electron chi connectivity index (χ4n) is 1.27. The number of carbonyl (C=O) groups excluding carboxylic acids is 1. The summed E-state index contributed by atoms with van der Waals surface area (Å²) in [5.41, 5.74) is 6.04. The van der Waals surface area contributed by atoms with E-state index in [9.17, 15) is 9.90 Å². The highest BCUT2D eigenvalue weighted by atomic mass is 32.1. The van der Waals surface area contributed by atoms with Gasteiger partial charge in [0.15, 0.2) is 6.29 Å². The summed E-state index contributed by atoms with van der Waals surface area (Å²) in [5, 5.41) is 12.1. The van der Waals surface area contributed by atoms with Gasteiger partial charge in [0.05, 0.1) is 11.3 Å². The highest BCUT2D eigenvalue weighted by Crippen LogP contribution is 2.34. The number of carbonyl (C=O) groups is 1. The van der Waals surface area contributed by atoms with Crippen LogP contribution in [0.1, 0.15) is 10.4 Å². The number of aldehydes is 1. The molecule has 66 valence electrons. The van der Waals surface area contributed by atoms with Crippen LogP contribution < -0.4 is 5.73 Å². The molecule has 2 aromatic rings. The van der Waals surface area contributed by atoms with E-state index in [0.29, 0.717) is 6.29 Å². The number of hydrogen-bond acceptors (Lipinski definition) is 4. The van der Waals surface area contributed by atoms with E-state index >= 15 is 0 Å². The normalized spacial score (nSPS) is 10.5. The van der Waals surface area contributed by atoms with Gasteiger partial charge in [-0.05, 0) is 17.5 Å². The molecule has 3 nitrogen and oxygen atoms in total. The van der Waals surface area contributed by atoms with Crippen LogP contribution in [0.5, 0.6) is 5.75 Å². The van der Waals surface area contributed by atoms with Crippen LogP contribution in [0.3, 0.4) is 0 Å². The molecule has 0 bridgehead atoms. The Balaban J connectivity index is 2.95. The summed E-state index contributed by atoms with van der Waals surface area (Å²) in [6, 6.07) is 3.46. The van der Waals surface area contributed by atoms with Gasteiger partial charge in [-0.15, -0.1) is 11.3 Å². The molecule has 0 radical (unpaired) electrons. The minimum atomic E-state index is -0.124. The van der Waals surface area contributed by atoms with E-state index in [2.05, 4.69) is 0 Å². The van der Waals surface area contributed by atoms with E-state index in [4.69, 9.17) is 5.73 Å². The minimum Gasteiger partial charge on any atom is -0.505 e. The molecule has 13 heavy (non-hydrogen) atoms. The third kappa shape index (κ3) is 1.07. The Morgan fingerprint density at radius 3 is 3.00 bits per heavy atom. The topological polar surface area (TPSA) is 63.3 Å². The van der Waals surface area contributed by atoms with Gasteiger partial charge in [-0.2, -0.15) is 0 Å². The highest BCUT2D eigenvalue weighted by molar-refractivity contribution is 7.17. The number of phenols is 1. The van der Waals surface area contributed by atoms with E-state index in [-0.39, 0.29) is 17.0 Å². The smallest absolute Gasteiger partial charge is 0.154 e. The Hall–Kier alpha value is -1.55. The Bertz CT molecular complexity index is 476. The number of benzene rings is 1. The predicted octanol–water partition coefficient (Wildman–Crippen LogP) is 2.00. The Morgan fingerprint density at radius 1 is 1.54 bits per heavy atom. The van der Waals surface area contributed by atoms with E-state index in [0.717, 1.165) is 10.1 Å². The summed E-state index contributed by atoms with van der Waals surface area (Å²) in [4.78, 5) is 10.7. The molecule has 2 rings (SSSR count). The molecule has 0 spiro atoms. The maximum absolute atomic E-state index is 10.7. The average molecular weight is 193 g/mol. The van der Waals surface area contributed by atoms with Crippen molar-refractivity contribution < 1.29 is 9.90 Å². The van der Waals surface area contributed by atoms with Crippen LogP contribution in [0.4, 0.5) is 5.69 Å².